The van der Waals surface area contributed by atoms with Crippen molar-refractivity contribution in [2.75, 3.05) is 7.11 Å². The van der Waals surface area contributed by atoms with Crippen LogP contribution in [-0.2, 0) is 9.53 Å². The molecule has 0 aliphatic heterocycles. The van der Waals surface area contributed by atoms with Crippen LogP contribution in [0.3, 0.4) is 0 Å². The van der Waals surface area contributed by atoms with Crippen molar-refractivity contribution in [1.29, 1.82) is 0 Å². The third-order valence-corrected chi connectivity index (χ3v) is 4.66. The van der Waals surface area contributed by atoms with Crippen molar-refractivity contribution in [2.24, 2.45) is 17.8 Å². The second-order valence-corrected chi connectivity index (χ2v) is 5.44. The quantitative estimate of drug-likeness (QED) is 0.412. The zero-order valence-corrected chi connectivity index (χ0v) is 11.9. The van der Waals surface area contributed by atoms with Crippen molar-refractivity contribution >= 4 is 5.97 Å². The van der Waals surface area contributed by atoms with Gasteiger partial charge in [0.1, 0.15) is 0 Å². The Labute approximate surface area is 105 Å². The van der Waals surface area contributed by atoms with Crippen LogP contribution < -0.4 is 0 Å². The molecule has 0 N–H and O–H groups in total. The number of carbonyl (C=O) groups excluding carboxylic acids is 1. The number of carbonyl (C=O) groups is 1. The first kappa shape index (κ1) is 14.3. The van der Waals surface area contributed by atoms with Crippen molar-refractivity contribution in [3.8, 4) is 0 Å². The van der Waals surface area contributed by atoms with Gasteiger partial charge in [-0.25, -0.2) is 0 Å². The van der Waals surface area contributed by atoms with E-state index < -0.39 is 0 Å². The normalized spacial score (nSPS) is 28.6. The van der Waals surface area contributed by atoms with Gasteiger partial charge < -0.3 is 4.74 Å². The number of hydrogen-bond donors (Lipinski definition) is 0. The Kier molecular flexibility index (Phi) is 5.23. The molecule has 0 spiro atoms. The van der Waals surface area contributed by atoms with Crippen LogP contribution in [0.2, 0.25) is 0 Å². The number of esters is 1. The predicted octanol–water partition coefficient (Wildman–Crippen LogP) is 3.96. The highest BCUT2D eigenvalue weighted by Crippen LogP contribution is 2.43. The Balaban J connectivity index is 2.35. The molecule has 1 aliphatic carbocycles. The van der Waals surface area contributed by atoms with Crippen LogP contribution in [0.5, 0.6) is 0 Å². The molecule has 3 unspecified atom stereocenters. The van der Waals surface area contributed by atoms with E-state index >= 15 is 0 Å². The Bertz CT molecular complexity index is 304. The molecular weight excluding hydrogens is 212 g/mol. The fourth-order valence-electron chi connectivity index (χ4n) is 3.00. The summed E-state index contributed by atoms with van der Waals surface area (Å²) in [5.74, 6) is 2.12. The number of unbranched alkanes of at least 4 members (excludes halogenated alkanes) is 1. The maximum atomic E-state index is 11.0. The maximum Gasteiger partial charge on any atom is 0.305 e. The van der Waals surface area contributed by atoms with Gasteiger partial charge in [-0.15, -0.1) is 0 Å². The molecule has 0 saturated heterocycles. The van der Waals surface area contributed by atoms with Gasteiger partial charge in [0.25, 0.3) is 0 Å². The second kappa shape index (κ2) is 6.23. The molecule has 0 heterocycles. The van der Waals surface area contributed by atoms with Gasteiger partial charge in [-0.3, -0.25) is 4.79 Å². The number of rotatable bonds is 5. The minimum atomic E-state index is -0.0821. The Morgan fingerprint density at radius 2 is 1.82 bits per heavy atom. The van der Waals surface area contributed by atoms with Gasteiger partial charge in [0.2, 0.25) is 0 Å². The van der Waals surface area contributed by atoms with Crippen LogP contribution >= 0.6 is 0 Å². The van der Waals surface area contributed by atoms with E-state index in [-0.39, 0.29) is 5.97 Å². The van der Waals surface area contributed by atoms with Gasteiger partial charge in [0.05, 0.1) is 7.11 Å². The highest BCUT2D eigenvalue weighted by Gasteiger charge is 2.32. The molecule has 1 aliphatic rings. The molecule has 0 aromatic rings. The molecule has 0 bridgehead atoms. The van der Waals surface area contributed by atoms with E-state index in [0.717, 1.165) is 30.6 Å². The zero-order chi connectivity index (χ0) is 13.0. The monoisotopic (exact) mass is 238 g/mol. The van der Waals surface area contributed by atoms with Crippen molar-refractivity contribution in [3.63, 3.8) is 0 Å². The smallest absolute Gasteiger partial charge is 0.305 e. The summed E-state index contributed by atoms with van der Waals surface area (Å²) < 4.78 is 4.65. The lowest BCUT2D eigenvalue weighted by atomic mass is 9.85. The molecule has 0 aromatic heterocycles. The van der Waals surface area contributed by atoms with Crippen LogP contribution in [-0.4, -0.2) is 13.1 Å². The summed E-state index contributed by atoms with van der Waals surface area (Å²) in [7, 11) is 1.46. The molecule has 2 nitrogen and oxygen atoms in total. The third-order valence-electron chi connectivity index (χ3n) is 4.66. The van der Waals surface area contributed by atoms with Crippen LogP contribution in [0.25, 0.3) is 0 Å². The SMILES string of the molecule is COC(=O)CCCCC1C(C)=C(C)C(C)C1C. The van der Waals surface area contributed by atoms with Crippen LogP contribution in [0, 0.1) is 17.8 Å². The van der Waals surface area contributed by atoms with E-state index in [1.807, 2.05) is 0 Å². The summed E-state index contributed by atoms with van der Waals surface area (Å²) >= 11 is 0. The molecular formula is C15H26O2. The molecule has 0 aromatic carbocycles. The lowest BCUT2D eigenvalue weighted by Crippen LogP contribution is -2.12. The third kappa shape index (κ3) is 3.34. The molecule has 0 saturated carbocycles. The van der Waals surface area contributed by atoms with Gasteiger partial charge in [0.15, 0.2) is 0 Å². The van der Waals surface area contributed by atoms with Gasteiger partial charge in [0, 0.05) is 6.42 Å². The minimum absolute atomic E-state index is 0.0821. The van der Waals surface area contributed by atoms with Crippen LogP contribution in [0.15, 0.2) is 11.1 Å². The van der Waals surface area contributed by atoms with Crippen LogP contribution in [0.1, 0.15) is 53.4 Å². The number of hydrogen-bond acceptors (Lipinski definition) is 2. The molecule has 17 heavy (non-hydrogen) atoms. The first-order chi connectivity index (χ1) is 7.99. The lowest BCUT2D eigenvalue weighted by molar-refractivity contribution is -0.140. The van der Waals surface area contributed by atoms with E-state index in [9.17, 15) is 4.79 Å². The summed E-state index contributed by atoms with van der Waals surface area (Å²) in [6.45, 7) is 9.23. The summed E-state index contributed by atoms with van der Waals surface area (Å²) in [4.78, 5) is 11.0. The van der Waals surface area contributed by atoms with E-state index in [1.165, 1.54) is 13.5 Å². The fraction of sp³-hybridized carbons (Fsp3) is 0.800. The van der Waals surface area contributed by atoms with E-state index in [0.29, 0.717) is 6.42 Å². The van der Waals surface area contributed by atoms with Crippen LogP contribution in [0.4, 0.5) is 0 Å². The molecule has 3 atom stereocenters. The summed E-state index contributed by atoms with van der Waals surface area (Å²) in [5, 5.41) is 0. The fourth-order valence-corrected chi connectivity index (χ4v) is 3.00. The standard InChI is InChI=1S/C15H26O2/c1-10-11(2)13(4)14(12(10)3)8-6-7-9-15(16)17-5/h10,12,14H,6-9H2,1-5H3. The highest BCUT2D eigenvalue weighted by atomic mass is 16.5. The summed E-state index contributed by atoms with van der Waals surface area (Å²) in [6, 6.07) is 0. The summed E-state index contributed by atoms with van der Waals surface area (Å²) in [5.41, 5.74) is 3.17. The molecule has 0 radical (unpaired) electrons. The Morgan fingerprint density at radius 1 is 1.18 bits per heavy atom. The molecule has 0 fully saturated rings. The van der Waals surface area contributed by atoms with Gasteiger partial charge in [-0.2, -0.15) is 0 Å². The first-order valence-electron chi connectivity index (χ1n) is 6.73. The second-order valence-electron chi connectivity index (χ2n) is 5.44. The Hall–Kier alpha value is -0.790. The van der Waals surface area contributed by atoms with Crippen molar-refractivity contribution in [1.82, 2.24) is 0 Å². The van der Waals surface area contributed by atoms with E-state index in [2.05, 4.69) is 32.4 Å². The average Bonchev–Trinajstić information content (AvgIpc) is 2.50. The predicted molar refractivity (Wildman–Crippen MR) is 70.7 cm³/mol. The van der Waals surface area contributed by atoms with Crippen molar-refractivity contribution in [3.05, 3.63) is 11.1 Å². The van der Waals surface area contributed by atoms with Crippen molar-refractivity contribution in [2.45, 2.75) is 53.4 Å². The highest BCUT2D eigenvalue weighted by molar-refractivity contribution is 5.68. The first-order valence-corrected chi connectivity index (χ1v) is 6.73. The number of allylic oxidation sites excluding steroid dienone is 2. The maximum absolute atomic E-state index is 11.0. The molecule has 98 valence electrons. The molecule has 1 rings (SSSR count). The number of methoxy groups -OCH3 is 1. The van der Waals surface area contributed by atoms with Crippen molar-refractivity contribution < 1.29 is 9.53 Å². The molecule has 0 amide bonds. The average molecular weight is 238 g/mol. The topological polar surface area (TPSA) is 26.3 Å². The zero-order valence-electron chi connectivity index (χ0n) is 11.9. The van der Waals surface area contributed by atoms with Gasteiger partial charge >= 0.3 is 5.97 Å². The van der Waals surface area contributed by atoms with E-state index in [1.54, 1.807) is 11.1 Å². The largest absolute Gasteiger partial charge is 0.469 e. The Morgan fingerprint density at radius 3 is 2.29 bits per heavy atom. The number of ether oxygens (including phenoxy) is 1. The van der Waals surface area contributed by atoms with Gasteiger partial charge in [-0.1, -0.05) is 31.4 Å². The minimum Gasteiger partial charge on any atom is -0.469 e. The summed E-state index contributed by atoms with van der Waals surface area (Å²) in [6.07, 6.45) is 3.86. The van der Waals surface area contributed by atoms with E-state index in [4.69, 9.17) is 0 Å². The lowest BCUT2D eigenvalue weighted by Gasteiger charge is -2.20. The van der Waals surface area contributed by atoms with Gasteiger partial charge in [-0.05, 0) is 44.4 Å². The molecule has 2 heteroatoms.